The van der Waals surface area contributed by atoms with Gasteiger partial charge in [-0.3, -0.25) is 13.9 Å². The highest BCUT2D eigenvalue weighted by Gasteiger charge is 2.30. The Balaban J connectivity index is 1.56. The molecule has 3 aromatic carbocycles. The fourth-order valence-electron chi connectivity index (χ4n) is 4.89. The lowest BCUT2D eigenvalue weighted by Crippen LogP contribution is -2.50. The monoisotopic (exact) mass is 671 g/mol. The Hall–Kier alpha value is -3.57. The quantitative estimate of drug-likeness (QED) is 0.221. The van der Waals surface area contributed by atoms with Crippen LogP contribution < -0.4 is 19.1 Å². The molecule has 3 aromatic rings. The molecule has 4 rings (SSSR count). The molecule has 0 fully saturated rings. The van der Waals surface area contributed by atoms with Gasteiger partial charge in [0, 0.05) is 43.0 Å². The van der Waals surface area contributed by atoms with E-state index < -0.39 is 16.1 Å². The van der Waals surface area contributed by atoms with E-state index in [2.05, 4.69) is 28.2 Å². The minimum Gasteiger partial charge on any atom is -0.454 e. The Morgan fingerprint density at radius 3 is 2.37 bits per heavy atom. The molecule has 0 aromatic heterocycles. The lowest BCUT2D eigenvalue weighted by atomic mass is 10.0. The molecule has 43 heavy (non-hydrogen) atoms. The normalized spacial score (nSPS) is 12.9. The standard InChI is InChI=1S/C32H38BrN3O6S/c1-3-4-18-34-32(38)28(20-24-9-6-5-7-10-24)35(22-25-12-14-26(33)15-13-25)31(37)11-8-19-36(43(2,39)40)27-16-17-29-30(21-27)42-23-41-29/h5-7,9-10,12-17,21,28H,3-4,8,11,18-20,22-23H2,1-2H3,(H,34,38)/t28-/m0/s1. The van der Waals surface area contributed by atoms with E-state index in [0.29, 0.717) is 30.2 Å². The van der Waals surface area contributed by atoms with E-state index in [9.17, 15) is 18.0 Å². The Morgan fingerprint density at radius 1 is 0.953 bits per heavy atom. The van der Waals surface area contributed by atoms with Crippen molar-refractivity contribution in [3.63, 3.8) is 0 Å². The highest BCUT2D eigenvalue weighted by atomic mass is 79.9. The molecular formula is C32H38BrN3O6S. The number of benzene rings is 3. The number of halogens is 1. The predicted molar refractivity (Wildman–Crippen MR) is 171 cm³/mol. The average molecular weight is 673 g/mol. The van der Waals surface area contributed by atoms with E-state index in [1.807, 2.05) is 54.6 Å². The van der Waals surface area contributed by atoms with Crippen molar-refractivity contribution in [1.82, 2.24) is 10.2 Å². The number of rotatable bonds is 15. The number of unbranched alkanes of at least 4 members (excludes halogenated alkanes) is 1. The molecule has 0 spiro atoms. The summed E-state index contributed by atoms with van der Waals surface area (Å²) < 4.78 is 38.4. The molecule has 0 aliphatic carbocycles. The summed E-state index contributed by atoms with van der Waals surface area (Å²) in [6.07, 6.45) is 3.58. The molecule has 0 bridgehead atoms. The van der Waals surface area contributed by atoms with Gasteiger partial charge in [-0.25, -0.2) is 8.42 Å². The molecule has 1 heterocycles. The molecule has 9 nitrogen and oxygen atoms in total. The van der Waals surface area contributed by atoms with Crippen molar-refractivity contribution < 1.29 is 27.5 Å². The first-order valence-electron chi connectivity index (χ1n) is 14.4. The zero-order valence-corrected chi connectivity index (χ0v) is 26.9. The molecule has 1 N–H and O–H groups in total. The van der Waals surface area contributed by atoms with Crippen LogP contribution in [0.4, 0.5) is 5.69 Å². The van der Waals surface area contributed by atoms with E-state index in [-0.39, 0.29) is 44.5 Å². The average Bonchev–Trinajstić information content (AvgIpc) is 3.46. The second-order valence-corrected chi connectivity index (χ2v) is 13.3. The van der Waals surface area contributed by atoms with Crippen molar-refractivity contribution in [3.05, 3.63) is 88.4 Å². The highest BCUT2D eigenvalue weighted by molar-refractivity contribution is 9.10. The summed E-state index contributed by atoms with van der Waals surface area (Å²) in [5.74, 6) is 0.591. The van der Waals surface area contributed by atoms with E-state index in [1.54, 1.807) is 23.1 Å². The van der Waals surface area contributed by atoms with Crippen LogP contribution in [0.3, 0.4) is 0 Å². The van der Waals surface area contributed by atoms with Gasteiger partial charge in [-0.15, -0.1) is 0 Å². The number of amides is 2. The molecule has 11 heteroatoms. The van der Waals surface area contributed by atoms with Gasteiger partial charge < -0.3 is 19.7 Å². The number of fused-ring (bicyclic) bond motifs is 1. The van der Waals surface area contributed by atoms with Crippen LogP contribution in [0.5, 0.6) is 11.5 Å². The van der Waals surface area contributed by atoms with Crippen molar-refractivity contribution in [3.8, 4) is 11.5 Å². The van der Waals surface area contributed by atoms with Crippen molar-refractivity contribution >= 4 is 43.5 Å². The van der Waals surface area contributed by atoms with Crippen molar-refractivity contribution in [2.45, 2.75) is 51.6 Å². The first-order chi connectivity index (χ1) is 20.7. The van der Waals surface area contributed by atoms with E-state index in [0.717, 1.165) is 34.7 Å². The maximum Gasteiger partial charge on any atom is 0.243 e. The maximum atomic E-state index is 13.9. The van der Waals surface area contributed by atoms with Gasteiger partial charge in [-0.2, -0.15) is 0 Å². The van der Waals surface area contributed by atoms with Gasteiger partial charge in [-0.1, -0.05) is 71.7 Å². The van der Waals surface area contributed by atoms with E-state index in [4.69, 9.17) is 9.47 Å². The SMILES string of the molecule is CCCCNC(=O)[C@H](Cc1ccccc1)N(Cc1ccc(Br)cc1)C(=O)CCCN(c1ccc2c(c1)OCO2)S(C)(=O)=O. The van der Waals surface area contributed by atoms with E-state index >= 15 is 0 Å². The Kier molecular flexibility index (Phi) is 11.5. The minimum absolute atomic E-state index is 0.0562. The summed E-state index contributed by atoms with van der Waals surface area (Å²) in [5, 5.41) is 3.02. The smallest absolute Gasteiger partial charge is 0.243 e. The van der Waals surface area contributed by atoms with Crippen molar-refractivity contribution in [1.29, 1.82) is 0 Å². The van der Waals surface area contributed by atoms with Crippen LogP contribution in [-0.4, -0.2) is 57.3 Å². The predicted octanol–water partition coefficient (Wildman–Crippen LogP) is 5.28. The molecule has 1 aliphatic rings. The lowest BCUT2D eigenvalue weighted by Gasteiger charge is -2.32. The number of carbonyl (C=O) groups is 2. The molecule has 2 amide bonds. The second kappa shape index (κ2) is 15.2. The number of hydrogen-bond acceptors (Lipinski definition) is 6. The maximum absolute atomic E-state index is 13.9. The van der Waals surface area contributed by atoms with Gasteiger partial charge in [0.1, 0.15) is 6.04 Å². The third-order valence-electron chi connectivity index (χ3n) is 7.16. The van der Waals surface area contributed by atoms with Crippen molar-refractivity contribution in [2.24, 2.45) is 0 Å². The molecule has 0 unspecified atom stereocenters. The fourth-order valence-corrected chi connectivity index (χ4v) is 6.11. The third kappa shape index (κ3) is 9.21. The van der Waals surface area contributed by atoms with Gasteiger partial charge in [-0.05, 0) is 48.2 Å². The largest absolute Gasteiger partial charge is 0.454 e. The van der Waals surface area contributed by atoms with Crippen LogP contribution in [0.25, 0.3) is 0 Å². The summed E-state index contributed by atoms with van der Waals surface area (Å²) in [6, 6.07) is 21.5. The molecule has 1 aliphatic heterocycles. The number of anilines is 1. The molecular weight excluding hydrogens is 634 g/mol. The Labute approximate surface area is 262 Å². The van der Waals surface area contributed by atoms with Gasteiger partial charge >= 0.3 is 0 Å². The minimum atomic E-state index is -3.65. The molecule has 0 saturated heterocycles. The summed E-state index contributed by atoms with van der Waals surface area (Å²) >= 11 is 3.46. The first-order valence-corrected chi connectivity index (χ1v) is 17.0. The number of hydrogen-bond donors (Lipinski definition) is 1. The van der Waals surface area contributed by atoms with Gasteiger partial charge in [0.2, 0.25) is 28.6 Å². The highest BCUT2D eigenvalue weighted by Crippen LogP contribution is 2.36. The first kappa shape index (κ1) is 32.3. The summed E-state index contributed by atoms with van der Waals surface area (Å²) in [7, 11) is -3.65. The van der Waals surface area contributed by atoms with E-state index in [1.165, 1.54) is 4.31 Å². The molecule has 1 atom stereocenters. The second-order valence-electron chi connectivity index (χ2n) is 10.5. The van der Waals surface area contributed by atoms with Crippen LogP contribution in [-0.2, 0) is 32.6 Å². The number of sulfonamides is 1. The molecule has 0 saturated carbocycles. The zero-order valence-electron chi connectivity index (χ0n) is 24.5. The Bertz CT molecular complexity index is 1480. The number of nitrogens with one attached hydrogen (secondary N) is 1. The topological polar surface area (TPSA) is 105 Å². The Morgan fingerprint density at radius 2 is 1.67 bits per heavy atom. The molecule has 230 valence electrons. The number of ether oxygens (including phenoxy) is 2. The fraction of sp³-hybridized carbons (Fsp3) is 0.375. The van der Waals surface area contributed by atoms with Crippen LogP contribution >= 0.6 is 15.9 Å². The van der Waals surface area contributed by atoms with Crippen LogP contribution in [0.15, 0.2) is 77.3 Å². The van der Waals surface area contributed by atoms with Crippen molar-refractivity contribution in [2.75, 3.05) is 30.4 Å². The van der Waals surface area contributed by atoms with Gasteiger partial charge in [0.15, 0.2) is 11.5 Å². The summed E-state index contributed by atoms with van der Waals surface area (Å²) in [5.41, 5.74) is 2.26. The summed E-state index contributed by atoms with van der Waals surface area (Å²) in [4.78, 5) is 29.1. The number of carbonyl (C=O) groups excluding carboxylic acids is 2. The van der Waals surface area contributed by atoms with Gasteiger partial charge in [0.25, 0.3) is 0 Å². The lowest BCUT2D eigenvalue weighted by molar-refractivity contribution is -0.141. The van der Waals surface area contributed by atoms with Crippen LogP contribution in [0, 0.1) is 0 Å². The summed E-state index contributed by atoms with van der Waals surface area (Å²) in [6.45, 7) is 2.99. The third-order valence-corrected chi connectivity index (χ3v) is 8.89. The zero-order chi connectivity index (χ0) is 30.8. The van der Waals surface area contributed by atoms with Crippen LogP contribution in [0.2, 0.25) is 0 Å². The van der Waals surface area contributed by atoms with Gasteiger partial charge in [0.05, 0.1) is 11.9 Å². The van der Waals surface area contributed by atoms with Crippen LogP contribution in [0.1, 0.15) is 43.7 Å². The number of nitrogens with zero attached hydrogens (tertiary/aromatic N) is 2. The molecule has 0 radical (unpaired) electrons.